The first-order valence-corrected chi connectivity index (χ1v) is 10.8. The van der Waals surface area contributed by atoms with Gasteiger partial charge in [-0.3, -0.25) is 14.6 Å². The second kappa shape index (κ2) is 7.82. The summed E-state index contributed by atoms with van der Waals surface area (Å²) >= 11 is 1.83. The fourth-order valence-electron chi connectivity index (χ4n) is 3.89. The minimum atomic E-state index is 0.165. The molecule has 1 aromatic heterocycles. The molecule has 0 aliphatic carbocycles. The molecule has 2 aromatic rings. The van der Waals surface area contributed by atoms with Crippen LogP contribution in [0.2, 0.25) is 0 Å². The van der Waals surface area contributed by atoms with Gasteiger partial charge in [-0.1, -0.05) is 24.3 Å². The quantitative estimate of drug-likeness (QED) is 0.728. The predicted octanol–water partition coefficient (Wildman–Crippen LogP) is 3.82. The molecule has 0 amide bonds. The van der Waals surface area contributed by atoms with E-state index in [0.29, 0.717) is 24.2 Å². The summed E-state index contributed by atoms with van der Waals surface area (Å²) in [4.78, 5) is 22.8. The molecule has 0 radical (unpaired) electrons. The highest BCUT2D eigenvalue weighted by Gasteiger charge is 2.32. The molecule has 2 aliphatic heterocycles. The molecule has 1 aromatic carbocycles. The van der Waals surface area contributed by atoms with Gasteiger partial charge in [-0.05, 0) is 44.9 Å². The molecule has 4 nitrogen and oxygen atoms in total. The maximum absolute atomic E-state index is 12.2. The number of thiazole rings is 1. The summed E-state index contributed by atoms with van der Waals surface area (Å²) in [5, 5.41) is 1.26. The van der Waals surface area contributed by atoms with Crippen molar-refractivity contribution in [1.82, 2.24) is 14.8 Å². The number of nitrogens with zero attached hydrogens (tertiary/aromatic N) is 3. The van der Waals surface area contributed by atoms with Gasteiger partial charge in [0.2, 0.25) is 0 Å². The molecule has 0 bridgehead atoms. The van der Waals surface area contributed by atoms with Crippen molar-refractivity contribution in [3.8, 4) is 10.4 Å². The molecule has 2 saturated heterocycles. The third-order valence-corrected chi connectivity index (χ3v) is 7.28. The summed E-state index contributed by atoms with van der Waals surface area (Å²) in [5.41, 5.74) is 2.47. The van der Waals surface area contributed by atoms with Crippen molar-refractivity contribution < 1.29 is 4.79 Å². The molecular formula is C22H29N3OS. The number of aryl methyl sites for hydroxylation is 1. The van der Waals surface area contributed by atoms with Crippen molar-refractivity contribution in [2.45, 2.75) is 51.1 Å². The Balaban J connectivity index is 1.32. The first-order valence-electron chi connectivity index (χ1n) is 10.0. The van der Waals surface area contributed by atoms with Crippen molar-refractivity contribution in [2.24, 2.45) is 0 Å². The number of likely N-dealkylation sites (N-methyl/N-ethyl adjacent to an activating group) is 1. The van der Waals surface area contributed by atoms with Crippen LogP contribution in [0.25, 0.3) is 10.4 Å². The second-order valence-electron chi connectivity index (χ2n) is 8.26. The van der Waals surface area contributed by atoms with Gasteiger partial charge in [0, 0.05) is 44.2 Å². The van der Waals surface area contributed by atoms with Gasteiger partial charge in [-0.15, -0.1) is 11.3 Å². The van der Waals surface area contributed by atoms with Gasteiger partial charge in [0.25, 0.3) is 0 Å². The van der Waals surface area contributed by atoms with Gasteiger partial charge < -0.3 is 0 Å². The van der Waals surface area contributed by atoms with E-state index in [1.54, 1.807) is 0 Å². The summed E-state index contributed by atoms with van der Waals surface area (Å²) in [5.74, 6) is 0.983. The lowest BCUT2D eigenvalue weighted by Crippen LogP contribution is -2.49. The fraction of sp³-hybridized carbons (Fsp3) is 0.545. The SMILES string of the molecule is CC(C)N1CC(c2ncc(-c3ccc(CCC(=O)C4CCN4C)cc3)s2)C1. The largest absolute Gasteiger partial charge is 0.299 e. The van der Waals surface area contributed by atoms with E-state index in [4.69, 9.17) is 0 Å². The zero-order valence-electron chi connectivity index (χ0n) is 16.5. The topological polar surface area (TPSA) is 36.4 Å². The summed E-state index contributed by atoms with van der Waals surface area (Å²) < 4.78 is 0. The maximum atomic E-state index is 12.2. The minimum Gasteiger partial charge on any atom is -0.299 e. The first kappa shape index (κ1) is 18.8. The predicted molar refractivity (Wildman–Crippen MR) is 111 cm³/mol. The van der Waals surface area contributed by atoms with E-state index in [2.05, 4.69) is 52.9 Å². The molecule has 0 spiro atoms. The van der Waals surface area contributed by atoms with E-state index in [-0.39, 0.29) is 6.04 Å². The van der Waals surface area contributed by atoms with E-state index < -0.39 is 0 Å². The van der Waals surface area contributed by atoms with Crippen molar-refractivity contribution in [3.05, 3.63) is 41.0 Å². The Morgan fingerprint density at radius 3 is 2.59 bits per heavy atom. The Kier molecular flexibility index (Phi) is 5.44. The lowest BCUT2D eigenvalue weighted by molar-refractivity contribution is -0.127. The monoisotopic (exact) mass is 383 g/mol. The standard InChI is InChI=1S/C22H29N3OS/c1-15(2)25-13-18(14-25)22-23-12-21(27-22)17-7-4-16(5-8-17)6-9-20(26)19-10-11-24(19)3/h4-5,7-8,12,15,18-19H,6,9-11,13-14H2,1-3H3. The molecule has 3 heterocycles. The van der Waals surface area contributed by atoms with Crippen LogP contribution in [-0.2, 0) is 11.2 Å². The number of hydrogen-bond acceptors (Lipinski definition) is 5. The number of rotatable bonds is 7. The third kappa shape index (κ3) is 4.00. The average Bonchev–Trinajstić information content (AvgIpc) is 3.07. The normalized spacial score (nSPS) is 21.3. The highest BCUT2D eigenvalue weighted by Crippen LogP contribution is 2.35. The van der Waals surface area contributed by atoms with Crippen LogP contribution in [0.4, 0.5) is 0 Å². The molecule has 5 heteroatoms. The van der Waals surface area contributed by atoms with Gasteiger partial charge >= 0.3 is 0 Å². The zero-order valence-corrected chi connectivity index (χ0v) is 17.3. The Morgan fingerprint density at radius 1 is 1.26 bits per heavy atom. The van der Waals surface area contributed by atoms with Crippen LogP contribution in [0, 0.1) is 0 Å². The van der Waals surface area contributed by atoms with Gasteiger partial charge in [0.1, 0.15) is 5.78 Å². The molecule has 0 saturated carbocycles. The Labute approximate surface area is 166 Å². The van der Waals surface area contributed by atoms with Gasteiger partial charge in [0.15, 0.2) is 0 Å². The van der Waals surface area contributed by atoms with E-state index >= 15 is 0 Å². The number of hydrogen-bond donors (Lipinski definition) is 0. The molecule has 1 unspecified atom stereocenters. The number of ketones is 1. The van der Waals surface area contributed by atoms with Crippen LogP contribution in [-0.4, -0.2) is 59.3 Å². The molecule has 144 valence electrons. The number of aromatic nitrogens is 1. The van der Waals surface area contributed by atoms with Crippen molar-refractivity contribution >= 4 is 17.1 Å². The van der Waals surface area contributed by atoms with Crippen LogP contribution in [0.5, 0.6) is 0 Å². The summed E-state index contributed by atoms with van der Waals surface area (Å²) in [6, 6.07) is 9.47. The average molecular weight is 384 g/mol. The second-order valence-corrected chi connectivity index (χ2v) is 9.32. The number of carbonyl (C=O) groups excluding carboxylic acids is 1. The van der Waals surface area contributed by atoms with Crippen LogP contribution >= 0.6 is 11.3 Å². The Morgan fingerprint density at radius 2 is 2.00 bits per heavy atom. The number of benzene rings is 1. The summed E-state index contributed by atoms with van der Waals surface area (Å²) in [7, 11) is 2.04. The van der Waals surface area contributed by atoms with Crippen molar-refractivity contribution in [2.75, 3.05) is 26.7 Å². The molecule has 1 atom stereocenters. The van der Waals surface area contributed by atoms with E-state index in [1.807, 2.05) is 24.6 Å². The maximum Gasteiger partial charge on any atom is 0.150 e. The Bertz CT molecular complexity index is 792. The summed E-state index contributed by atoms with van der Waals surface area (Å²) in [6.45, 7) is 7.83. The highest BCUT2D eigenvalue weighted by molar-refractivity contribution is 7.15. The number of carbonyl (C=O) groups is 1. The number of likely N-dealkylation sites (tertiary alicyclic amines) is 2. The van der Waals surface area contributed by atoms with Crippen LogP contribution in [0.3, 0.4) is 0 Å². The van der Waals surface area contributed by atoms with Gasteiger partial charge in [-0.25, -0.2) is 4.98 Å². The first-order chi connectivity index (χ1) is 13.0. The van der Waals surface area contributed by atoms with E-state index in [9.17, 15) is 4.79 Å². The Hall–Kier alpha value is -1.56. The summed E-state index contributed by atoms with van der Waals surface area (Å²) in [6.07, 6.45) is 4.53. The number of Topliss-reactive ketones (excluding diaryl/α,β-unsaturated/α-hetero) is 1. The molecular weight excluding hydrogens is 354 g/mol. The molecule has 27 heavy (non-hydrogen) atoms. The fourth-order valence-corrected chi connectivity index (χ4v) is 4.90. The van der Waals surface area contributed by atoms with Crippen molar-refractivity contribution in [3.63, 3.8) is 0 Å². The molecule has 2 aliphatic rings. The smallest absolute Gasteiger partial charge is 0.150 e. The lowest BCUT2D eigenvalue weighted by Gasteiger charge is -2.41. The minimum absolute atomic E-state index is 0.165. The van der Waals surface area contributed by atoms with Crippen LogP contribution < -0.4 is 0 Å². The third-order valence-electron chi connectivity index (χ3n) is 6.07. The van der Waals surface area contributed by atoms with Crippen LogP contribution in [0.1, 0.15) is 43.2 Å². The van der Waals surface area contributed by atoms with Crippen LogP contribution in [0.15, 0.2) is 30.5 Å². The van der Waals surface area contributed by atoms with Gasteiger partial charge in [-0.2, -0.15) is 0 Å². The highest BCUT2D eigenvalue weighted by atomic mass is 32.1. The zero-order chi connectivity index (χ0) is 19.0. The van der Waals surface area contributed by atoms with Crippen molar-refractivity contribution in [1.29, 1.82) is 0 Å². The lowest BCUT2D eigenvalue weighted by atomic mass is 9.95. The van der Waals surface area contributed by atoms with E-state index in [0.717, 1.165) is 32.5 Å². The molecule has 0 N–H and O–H groups in total. The molecule has 2 fully saturated rings. The van der Waals surface area contributed by atoms with Gasteiger partial charge in [0.05, 0.1) is 15.9 Å². The molecule has 4 rings (SSSR count). The van der Waals surface area contributed by atoms with E-state index in [1.165, 1.54) is 21.0 Å².